The van der Waals surface area contributed by atoms with Crippen molar-refractivity contribution in [1.82, 2.24) is 9.88 Å². The Bertz CT molecular complexity index is 968. The number of alkyl halides is 5. The summed E-state index contributed by atoms with van der Waals surface area (Å²) in [7, 11) is 0. The fraction of sp³-hybridized carbons (Fsp3) is 0.450. The highest BCUT2D eigenvalue weighted by molar-refractivity contribution is 5.93. The Morgan fingerprint density at radius 3 is 2.72 bits per heavy atom. The van der Waals surface area contributed by atoms with Crippen LogP contribution < -0.4 is 10.0 Å². The van der Waals surface area contributed by atoms with Crippen molar-refractivity contribution in [3.05, 3.63) is 58.9 Å². The summed E-state index contributed by atoms with van der Waals surface area (Å²) in [5.41, 5.74) is -0.796. The van der Waals surface area contributed by atoms with Gasteiger partial charge in [0.05, 0.1) is 18.2 Å². The van der Waals surface area contributed by atoms with E-state index in [2.05, 4.69) is 10.3 Å². The summed E-state index contributed by atoms with van der Waals surface area (Å²) < 4.78 is 80.5. The Morgan fingerprint density at radius 2 is 2.09 bits per heavy atom. The highest BCUT2D eigenvalue weighted by Gasteiger charge is 2.47. The molecule has 6 nitrogen and oxygen atoms in total. The molecule has 0 spiro atoms. The van der Waals surface area contributed by atoms with E-state index >= 15 is 0 Å². The monoisotopic (exact) mass is 462 g/mol. The van der Waals surface area contributed by atoms with Crippen LogP contribution >= 0.6 is 0 Å². The largest absolute Gasteiger partial charge is 0.618 e. The molecule has 2 atom stereocenters. The summed E-state index contributed by atoms with van der Waals surface area (Å²) in [5.74, 6) is -5.82. The van der Waals surface area contributed by atoms with E-state index in [9.17, 15) is 36.3 Å². The smallest absolute Gasteiger partial charge is 0.398 e. The predicted molar refractivity (Wildman–Crippen MR) is 101 cm³/mol. The zero-order chi connectivity index (χ0) is 23.7. The number of hydrogen-bond acceptors (Lipinski definition) is 4. The van der Waals surface area contributed by atoms with Crippen molar-refractivity contribution in [3.8, 4) is 0 Å². The van der Waals surface area contributed by atoms with Crippen LogP contribution in [0.5, 0.6) is 0 Å². The van der Waals surface area contributed by atoms with Gasteiger partial charge in [0.1, 0.15) is 18.1 Å². The van der Waals surface area contributed by atoms with Crippen molar-refractivity contribution in [1.29, 1.82) is 0 Å². The van der Waals surface area contributed by atoms with Gasteiger partial charge in [0.25, 0.3) is 5.92 Å². The number of nitrogens with zero attached hydrogens (tertiary/aromatic N) is 3. The number of carbonyl (C=O) groups excluding carboxylic acids is 1. The molecule has 1 aliphatic heterocycles. The van der Waals surface area contributed by atoms with Crippen LogP contribution in [0.2, 0.25) is 0 Å². The minimum Gasteiger partial charge on any atom is -0.618 e. The maximum atomic E-state index is 14.7. The molecule has 1 N–H and O–H groups in total. The van der Waals surface area contributed by atoms with Crippen molar-refractivity contribution in [2.75, 3.05) is 18.4 Å². The lowest BCUT2D eigenvalue weighted by atomic mass is 9.86. The molecular weight excluding hydrogens is 442 g/mol. The van der Waals surface area contributed by atoms with Gasteiger partial charge in [-0.25, -0.2) is 18.2 Å². The van der Waals surface area contributed by atoms with Gasteiger partial charge < -0.3 is 10.5 Å². The maximum Gasteiger partial charge on any atom is 0.398 e. The average molecular weight is 462 g/mol. The number of halogens is 6. The Hall–Kier alpha value is -2.89. The second kappa shape index (κ2) is 8.93. The number of piperidine rings is 1. The molecule has 0 aliphatic carbocycles. The van der Waals surface area contributed by atoms with Crippen LogP contribution in [0.1, 0.15) is 30.5 Å². The van der Waals surface area contributed by atoms with Gasteiger partial charge in [-0.05, 0) is 24.6 Å². The van der Waals surface area contributed by atoms with Crippen molar-refractivity contribution in [3.63, 3.8) is 0 Å². The second-order valence-electron chi connectivity index (χ2n) is 7.65. The van der Waals surface area contributed by atoms with E-state index in [0.717, 1.165) is 30.6 Å². The van der Waals surface area contributed by atoms with Crippen molar-refractivity contribution in [2.24, 2.45) is 0 Å². The zero-order valence-electron chi connectivity index (χ0n) is 16.9. The minimum absolute atomic E-state index is 0.00148. The molecule has 0 radical (unpaired) electrons. The van der Waals surface area contributed by atoms with Crippen molar-refractivity contribution in [2.45, 2.75) is 43.8 Å². The van der Waals surface area contributed by atoms with Gasteiger partial charge in [0.2, 0.25) is 11.6 Å². The van der Waals surface area contributed by atoms with Crippen LogP contribution in [0.25, 0.3) is 0 Å². The lowest BCUT2D eigenvalue weighted by molar-refractivity contribution is -0.615. The van der Waals surface area contributed by atoms with Crippen LogP contribution in [0.15, 0.2) is 36.7 Å². The number of likely N-dealkylation sites (tertiary alicyclic amines) is 1. The summed E-state index contributed by atoms with van der Waals surface area (Å²) in [6, 6.07) is 3.39. The molecule has 1 aliphatic rings. The number of anilines is 1. The zero-order valence-corrected chi connectivity index (χ0v) is 16.9. The molecular formula is C20H20F6N4O2. The molecule has 0 saturated carbocycles. The molecule has 12 heteroatoms. The van der Waals surface area contributed by atoms with E-state index < -0.39 is 54.3 Å². The Kier molecular flexibility index (Phi) is 6.63. The highest BCUT2D eigenvalue weighted by atomic mass is 19.4. The van der Waals surface area contributed by atoms with Crippen molar-refractivity contribution < 1.29 is 35.9 Å². The van der Waals surface area contributed by atoms with E-state index in [4.69, 9.17) is 0 Å². The van der Waals surface area contributed by atoms with Gasteiger partial charge >= 0.3 is 6.18 Å². The van der Waals surface area contributed by atoms with Crippen LogP contribution in [-0.4, -0.2) is 47.0 Å². The number of amides is 1. The molecule has 1 saturated heterocycles. The standard InChI is InChI=1S/C20H20F6N4O2/c1-12(18(31)28-17-3-2-14(21)10-27-17)29-7-5-19(22,23)16(11-29)13-4-6-30(32)15(8-13)9-20(24,25)26/h2-4,6,8,10,12,16H,5,7,9,11H2,1H3,(H,27,28,31)/t12?,16-/m1/s1. The van der Waals surface area contributed by atoms with Crippen LogP contribution in [0, 0.1) is 11.0 Å². The SMILES string of the molecule is CC(C(=O)Nc1ccc(F)cn1)N1CCC(F)(F)[C@@H](c2cc[n+]([O-])c(CC(F)(F)F)c2)C1. The Labute approximate surface area is 179 Å². The van der Waals surface area contributed by atoms with Crippen LogP contribution in [-0.2, 0) is 11.2 Å². The fourth-order valence-corrected chi connectivity index (χ4v) is 3.58. The van der Waals surface area contributed by atoms with E-state index in [1.807, 2.05) is 0 Å². The van der Waals surface area contributed by atoms with Crippen molar-refractivity contribution >= 4 is 11.7 Å². The van der Waals surface area contributed by atoms with Gasteiger partial charge in [-0.1, -0.05) is 0 Å². The molecule has 3 heterocycles. The molecule has 2 aromatic heterocycles. The third-order valence-corrected chi connectivity index (χ3v) is 5.37. The molecule has 1 unspecified atom stereocenters. The van der Waals surface area contributed by atoms with E-state index in [-0.39, 0.29) is 29.2 Å². The third-order valence-electron chi connectivity index (χ3n) is 5.37. The van der Waals surface area contributed by atoms with E-state index in [0.29, 0.717) is 0 Å². The molecule has 32 heavy (non-hydrogen) atoms. The molecule has 0 bridgehead atoms. The van der Waals surface area contributed by atoms with E-state index in [1.54, 1.807) is 0 Å². The van der Waals surface area contributed by atoms with Crippen LogP contribution in [0.3, 0.4) is 0 Å². The maximum absolute atomic E-state index is 14.7. The lowest BCUT2D eigenvalue weighted by Gasteiger charge is -2.40. The van der Waals surface area contributed by atoms with Crippen LogP contribution in [0.4, 0.5) is 32.2 Å². The van der Waals surface area contributed by atoms with Gasteiger partial charge in [0.15, 0.2) is 6.20 Å². The van der Waals surface area contributed by atoms with E-state index in [1.165, 1.54) is 17.9 Å². The lowest BCUT2D eigenvalue weighted by Crippen LogP contribution is -2.52. The third kappa shape index (κ3) is 5.67. The van der Waals surface area contributed by atoms with Gasteiger partial charge in [-0.15, -0.1) is 0 Å². The molecule has 1 fully saturated rings. The first-order valence-corrected chi connectivity index (χ1v) is 9.69. The molecule has 2 aromatic rings. The summed E-state index contributed by atoms with van der Waals surface area (Å²) >= 11 is 0. The molecule has 1 amide bonds. The Balaban J connectivity index is 1.78. The first kappa shape index (κ1) is 23.8. The summed E-state index contributed by atoms with van der Waals surface area (Å²) in [6.07, 6.45) is -5.15. The number of aromatic nitrogens is 2. The van der Waals surface area contributed by atoms with Gasteiger partial charge in [0, 0.05) is 31.6 Å². The number of carbonyl (C=O) groups is 1. The number of pyridine rings is 2. The summed E-state index contributed by atoms with van der Waals surface area (Å²) in [6.45, 7) is 1.05. The number of nitrogens with one attached hydrogen (secondary N) is 1. The molecule has 3 rings (SSSR count). The Morgan fingerprint density at radius 1 is 1.38 bits per heavy atom. The number of rotatable bonds is 5. The summed E-state index contributed by atoms with van der Waals surface area (Å²) in [4.78, 5) is 17.7. The first-order chi connectivity index (χ1) is 14.9. The van der Waals surface area contributed by atoms with Gasteiger partial charge in [-0.2, -0.15) is 17.9 Å². The highest BCUT2D eigenvalue weighted by Crippen LogP contribution is 2.41. The first-order valence-electron chi connectivity index (χ1n) is 9.69. The molecule has 0 aromatic carbocycles. The fourth-order valence-electron chi connectivity index (χ4n) is 3.58. The quantitative estimate of drug-likeness (QED) is 0.420. The minimum atomic E-state index is -4.67. The predicted octanol–water partition coefficient (Wildman–Crippen LogP) is 3.41. The second-order valence-corrected chi connectivity index (χ2v) is 7.65. The normalized spacial score (nSPS) is 20.0. The number of hydrogen-bond donors (Lipinski definition) is 1. The summed E-state index contributed by atoms with van der Waals surface area (Å²) in [5, 5.41) is 14.2. The average Bonchev–Trinajstić information content (AvgIpc) is 2.70. The molecule has 174 valence electrons. The topological polar surface area (TPSA) is 72.2 Å². The van der Waals surface area contributed by atoms with Gasteiger partial charge in [-0.3, -0.25) is 9.69 Å².